The molecule has 106 valence electrons. The number of amides is 1. The van der Waals surface area contributed by atoms with Crippen LogP contribution in [0.3, 0.4) is 0 Å². The van der Waals surface area contributed by atoms with Gasteiger partial charge in [0.1, 0.15) is 22.1 Å². The molecule has 7 heteroatoms. The first-order valence-corrected chi connectivity index (χ1v) is 7.77. The van der Waals surface area contributed by atoms with Crippen molar-refractivity contribution in [3.63, 3.8) is 0 Å². The van der Waals surface area contributed by atoms with E-state index in [1.807, 2.05) is 0 Å². The zero-order chi connectivity index (χ0) is 14.1. The Balaban J connectivity index is 1.76. The molecular weight excluding hydrogens is 278 g/mol. The zero-order valence-corrected chi connectivity index (χ0v) is 11.7. The van der Waals surface area contributed by atoms with E-state index >= 15 is 0 Å². The maximum absolute atomic E-state index is 12.1. The van der Waals surface area contributed by atoms with Crippen LogP contribution in [0.15, 0.2) is 27.8 Å². The summed E-state index contributed by atoms with van der Waals surface area (Å²) in [5, 5.41) is 0.0816. The highest BCUT2D eigenvalue weighted by molar-refractivity contribution is 7.85. The number of oxazole rings is 1. The monoisotopic (exact) mass is 293 g/mol. The molecule has 0 saturated carbocycles. The average molecular weight is 293 g/mol. The second-order valence-electron chi connectivity index (χ2n) is 4.78. The fourth-order valence-electron chi connectivity index (χ4n) is 2.25. The lowest BCUT2D eigenvalue weighted by molar-refractivity contribution is -0.127. The largest absolute Gasteiger partial charge is 0.430 e. The van der Waals surface area contributed by atoms with Crippen LogP contribution in [0.25, 0.3) is 11.1 Å². The molecule has 1 aliphatic heterocycles. The number of benzene rings is 1. The van der Waals surface area contributed by atoms with Crippen LogP contribution in [-0.4, -0.2) is 38.8 Å². The molecule has 1 amide bonds. The number of fused-ring (bicyclic) bond motifs is 1. The lowest BCUT2D eigenvalue weighted by Crippen LogP contribution is -2.31. The Morgan fingerprint density at radius 1 is 1.40 bits per heavy atom. The van der Waals surface area contributed by atoms with E-state index in [9.17, 15) is 9.00 Å². The fraction of sp³-hybridized carbons (Fsp3) is 0.385. The van der Waals surface area contributed by atoms with Crippen molar-refractivity contribution in [3.8, 4) is 0 Å². The second kappa shape index (κ2) is 5.24. The van der Waals surface area contributed by atoms with Gasteiger partial charge in [0, 0.05) is 24.8 Å². The van der Waals surface area contributed by atoms with Crippen LogP contribution >= 0.6 is 0 Å². The highest BCUT2D eigenvalue weighted by Crippen LogP contribution is 2.20. The minimum absolute atomic E-state index is 0.0810. The number of nitrogens with zero attached hydrogens (tertiary/aromatic N) is 2. The van der Waals surface area contributed by atoms with Crippen LogP contribution in [0.5, 0.6) is 0 Å². The molecule has 1 unspecified atom stereocenters. The molecule has 1 aromatic carbocycles. The van der Waals surface area contributed by atoms with Crippen LogP contribution in [0, 0.1) is 0 Å². The number of nitrogens with two attached hydrogens (primary N) is 1. The summed E-state index contributed by atoms with van der Waals surface area (Å²) < 4.78 is 17.6. The topological polar surface area (TPSA) is 89.4 Å². The van der Waals surface area contributed by atoms with Gasteiger partial charge in [-0.2, -0.15) is 0 Å². The van der Waals surface area contributed by atoms with Gasteiger partial charge in [-0.1, -0.05) is 0 Å². The number of carbonyl (C=O) groups excluding carboxylic acids is 1. The summed E-state index contributed by atoms with van der Waals surface area (Å²) in [5.74, 6) is -0.190. The first kappa shape index (κ1) is 13.1. The Morgan fingerprint density at radius 3 is 2.90 bits per heavy atom. The van der Waals surface area contributed by atoms with E-state index in [1.54, 1.807) is 23.1 Å². The van der Waals surface area contributed by atoms with E-state index in [4.69, 9.17) is 10.2 Å². The fourth-order valence-corrected chi connectivity index (χ4v) is 3.16. The molecule has 0 bridgehead atoms. The van der Waals surface area contributed by atoms with Crippen LogP contribution in [0.4, 0.5) is 5.69 Å². The maximum atomic E-state index is 12.1. The number of carbonyl (C=O) groups is 1. The van der Waals surface area contributed by atoms with Gasteiger partial charge in [-0.3, -0.25) is 4.79 Å². The third-order valence-corrected chi connectivity index (χ3v) is 4.37. The predicted molar refractivity (Wildman–Crippen MR) is 75.5 cm³/mol. The molecule has 3 rings (SSSR count). The van der Waals surface area contributed by atoms with Crippen LogP contribution in [0.2, 0.25) is 0 Å². The van der Waals surface area contributed by atoms with Crippen LogP contribution in [0.1, 0.15) is 12.8 Å². The number of hydrogen-bond donors (Lipinski definition) is 1. The molecule has 1 aromatic heterocycles. The Bertz CT molecular complexity index is 677. The van der Waals surface area contributed by atoms with E-state index in [0.717, 1.165) is 25.9 Å². The zero-order valence-electron chi connectivity index (χ0n) is 10.9. The van der Waals surface area contributed by atoms with Crippen LogP contribution in [-0.2, 0) is 15.6 Å². The Labute approximate surface area is 118 Å². The summed E-state index contributed by atoms with van der Waals surface area (Å²) in [5.41, 5.74) is 7.28. The number of likely N-dealkylation sites (tertiary alicyclic amines) is 1. The predicted octanol–water partition coefficient (Wildman–Crippen LogP) is 1.14. The number of rotatable bonds is 3. The lowest BCUT2D eigenvalue weighted by Gasteiger charge is -2.13. The molecule has 0 aliphatic carbocycles. The molecule has 2 aromatic rings. The quantitative estimate of drug-likeness (QED) is 0.857. The summed E-state index contributed by atoms with van der Waals surface area (Å²) in [6.45, 7) is 1.50. The molecule has 0 spiro atoms. The third-order valence-electron chi connectivity index (χ3n) is 3.30. The molecular formula is C13H15N3O3S. The summed E-state index contributed by atoms with van der Waals surface area (Å²) in [4.78, 5) is 17.8. The van der Waals surface area contributed by atoms with E-state index < -0.39 is 10.8 Å². The minimum Gasteiger partial charge on any atom is -0.430 e. The number of hydrogen-bond acceptors (Lipinski definition) is 5. The SMILES string of the molecule is Nc1ccc2nc(S(=O)CC(=O)N3CCCC3)oc2c1. The molecule has 1 fully saturated rings. The molecule has 0 radical (unpaired) electrons. The molecule has 1 aliphatic rings. The van der Waals surface area contributed by atoms with Gasteiger partial charge in [-0.15, -0.1) is 0 Å². The van der Waals surface area contributed by atoms with E-state index in [2.05, 4.69) is 4.98 Å². The summed E-state index contributed by atoms with van der Waals surface area (Å²) in [7, 11) is -1.56. The van der Waals surface area contributed by atoms with Gasteiger partial charge in [0.15, 0.2) is 5.58 Å². The first-order valence-electron chi connectivity index (χ1n) is 6.46. The van der Waals surface area contributed by atoms with Gasteiger partial charge in [-0.25, -0.2) is 9.19 Å². The van der Waals surface area contributed by atoms with Crippen molar-refractivity contribution in [1.82, 2.24) is 9.88 Å². The standard InChI is InChI=1S/C13H15N3O3S/c14-9-3-4-10-11(7-9)19-13(15-10)20(18)8-12(17)16-5-1-2-6-16/h3-4,7H,1-2,5-6,8,14H2. The molecule has 20 heavy (non-hydrogen) atoms. The molecule has 1 atom stereocenters. The van der Waals surface area contributed by atoms with E-state index in [0.29, 0.717) is 16.8 Å². The van der Waals surface area contributed by atoms with Gasteiger partial charge < -0.3 is 15.1 Å². The van der Waals surface area contributed by atoms with E-state index in [-0.39, 0.29) is 16.9 Å². The summed E-state index contributed by atoms with van der Waals surface area (Å²) in [6.07, 6.45) is 2.03. The molecule has 1 saturated heterocycles. The van der Waals surface area contributed by atoms with Crippen molar-refractivity contribution in [1.29, 1.82) is 0 Å². The number of aromatic nitrogens is 1. The van der Waals surface area contributed by atoms with Gasteiger partial charge >= 0.3 is 0 Å². The molecule has 2 heterocycles. The first-order chi connectivity index (χ1) is 9.63. The Morgan fingerprint density at radius 2 is 2.15 bits per heavy atom. The second-order valence-corrected chi connectivity index (χ2v) is 6.11. The van der Waals surface area contributed by atoms with Crippen molar-refractivity contribution >= 4 is 33.5 Å². The molecule has 6 nitrogen and oxygen atoms in total. The smallest absolute Gasteiger partial charge is 0.288 e. The van der Waals surface area contributed by atoms with Crippen molar-refractivity contribution in [2.75, 3.05) is 24.6 Å². The maximum Gasteiger partial charge on any atom is 0.288 e. The van der Waals surface area contributed by atoms with Crippen LogP contribution < -0.4 is 5.73 Å². The van der Waals surface area contributed by atoms with Crippen molar-refractivity contribution in [3.05, 3.63) is 18.2 Å². The third kappa shape index (κ3) is 2.53. The molecule has 2 N–H and O–H groups in total. The Hall–Kier alpha value is -1.89. The van der Waals surface area contributed by atoms with Crippen molar-refractivity contribution in [2.24, 2.45) is 0 Å². The minimum atomic E-state index is -1.56. The van der Waals surface area contributed by atoms with Gasteiger partial charge in [0.2, 0.25) is 5.91 Å². The summed E-state index contributed by atoms with van der Waals surface area (Å²) >= 11 is 0. The average Bonchev–Trinajstić information content (AvgIpc) is 3.07. The summed E-state index contributed by atoms with van der Waals surface area (Å²) in [6, 6.07) is 5.04. The van der Waals surface area contributed by atoms with Gasteiger partial charge in [0.05, 0.1) is 0 Å². The van der Waals surface area contributed by atoms with Crippen molar-refractivity contribution < 1.29 is 13.4 Å². The normalized spacial score (nSPS) is 16.7. The lowest BCUT2D eigenvalue weighted by atomic mass is 10.3. The van der Waals surface area contributed by atoms with Gasteiger partial charge in [-0.05, 0) is 25.0 Å². The van der Waals surface area contributed by atoms with Crippen molar-refractivity contribution in [2.45, 2.75) is 18.1 Å². The van der Waals surface area contributed by atoms with Gasteiger partial charge in [0.25, 0.3) is 5.22 Å². The van der Waals surface area contributed by atoms with E-state index in [1.165, 1.54) is 0 Å². The number of nitrogen functional groups attached to an aromatic ring is 1. The highest BCUT2D eigenvalue weighted by atomic mass is 32.2. The Kier molecular flexibility index (Phi) is 3.43. The number of anilines is 1. The highest BCUT2D eigenvalue weighted by Gasteiger charge is 2.22.